The third kappa shape index (κ3) is 4.71. The molecule has 0 radical (unpaired) electrons. The van der Waals surface area contributed by atoms with Crippen molar-refractivity contribution in [2.75, 3.05) is 7.11 Å². The smallest absolute Gasteiger partial charge is 0.163 e. The molecule has 0 unspecified atom stereocenters. The SMILES string of the molecule is COc1ccc(C=CC(=O)CC(=O)C=Cc2cccc3cccnc23)cc1O. The van der Waals surface area contributed by atoms with Crippen LogP contribution in [0.4, 0.5) is 0 Å². The topological polar surface area (TPSA) is 76.5 Å². The van der Waals surface area contributed by atoms with E-state index in [9.17, 15) is 14.7 Å². The summed E-state index contributed by atoms with van der Waals surface area (Å²) >= 11 is 0. The summed E-state index contributed by atoms with van der Waals surface area (Å²) in [6.45, 7) is 0. The van der Waals surface area contributed by atoms with Crippen molar-refractivity contribution in [1.82, 2.24) is 4.98 Å². The fourth-order valence-corrected chi connectivity index (χ4v) is 2.73. The van der Waals surface area contributed by atoms with Gasteiger partial charge in [0.15, 0.2) is 23.1 Å². The van der Waals surface area contributed by atoms with Gasteiger partial charge < -0.3 is 9.84 Å². The first kappa shape index (κ1) is 19.0. The van der Waals surface area contributed by atoms with E-state index in [-0.39, 0.29) is 23.7 Å². The lowest BCUT2D eigenvalue weighted by Crippen LogP contribution is -2.02. The normalized spacial score (nSPS) is 11.3. The Bertz CT molecular complexity index is 1080. The molecule has 0 fully saturated rings. The van der Waals surface area contributed by atoms with Gasteiger partial charge in [-0.05, 0) is 42.0 Å². The Morgan fingerprint density at radius 1 is 1.04 bits per heavy atom. The zero-order valence-corrected chi connectivity index (χ0v) is 15.3. The van der Waals surface area contributed by atoms with Crippen LogP contribution in [-0.4, -0.2) is 28.8 Å². The summed E-state index contributed by atoms with van der Waals surface area (Å²) in [6.07, 6.45) is 7.42. The van der Waals surface area contributed by atoms with Crippen LogP contribution >= 0.6 is 0 Å². The average molecular weight is 373 g/mol. The predicted octanol–water partition coefficient (Wildman–Crippen LogP) is 4.20. The van der Waals surface area contributed by atoms with Crippen LogP contribution in [-0.2, 0) is 9.59 Å². The minimum atomic E-state index is -0.319. The van der Waals surface area contributed by atoms with Crippen molar-refractivity contribution in [1.29, 1.82) is 0 Å². The van der Waals surface area contributed by atoms with Crippen molar-refractivity contribution in [3.05, 3.63) is 78.0 Å². The molecule has 28 heavy (non-hydrogen) atoms. The standard InChI is InChI=1S/C23H19NO4/c1-28-22-12-8-16(14-21(22)27)7-10-19(25)15-20(26)11-9-18-5-2-4-17-6-3-13-24-23(17)18/h2-14,27H,15H2,1H3. The Labute approximate surface area is 162 Å². The van der Waals surface area contributed by atoms with Crippen molar-refractivity contribution in [3.8, 4) is 11.5 Å². The molecule has 1 N–H and O–H groups in total. The highest BCUT2D eigenvalue weighted by Crippen LogP contribution is 2.26. The molecule has 3 aromatic rings. The Hall–Kier alpha value is -3.73. The number of aromatic nitrogens is 1. The van der Waals surface area contributed by atoms with Gasteiger partial charge in [0.25, 0.3) is 0 Å². The number of fused-ring (bicyclic) bond motifs is 1. The Morgan fingerprint density at radius 3 is 2.54 bits per heavy atom. The largest absolute Gasteiger partial charge is 0.504 e. The van der Waals surface area contributed by atoms with Crippen molar-refractivity contribution < 1.29 is 19.4 Å². The van der Waals surface area contributed by atoms with Gasteiger partial charge in [-0.25, -0.2) is 0 Å². The maximum Gasteiger partial charge on any atom is 0.163 e. The van der Waals surface area contributed by atoms with Crippen LogP contribution in [0.25, 0.3) is 23.1 Å². The zero-order chi connectivity index (χ0) is 19.9. The van der Waals surface area contributed by atoms with E-state index < -0.39 is 0 Å². The summed E-state index contributed by atoms with van der Waals surface area (Å²) in [7, 11) is 1.46. The molecule has 0 aliphatic rings. The number of benzene rings is 2. The highest BCUT2D eigenvalue weighted by molar-refractivity contribution is 6.11. The molecule has 0 bridgehead atoms. The molecular formula is C23H19NO4. The Morgan fingerprint density at radius 2 is 1.79 bits per heavy atom. The number of para-hydroxylation sites is 1. The molecule has 0 aliphatic carbocycles. The van der Waals surface area contributed by atoms with Crippen LogP contribution in [0.5, 0.6) is 11.5 Å². The molecule has 5 heteroatoms. The first-order chi connectivity index (χ1) is 13.6. The van der Waals surface area contributed by atoms with E-state index in [4.69, 9.17) is 4.74 Å². The second kappa shape index (κ2) is 8.77. The number of methoxy groups -OCH3 is 1. The maximum absolute atomic E-state index is 12.1. The van der Waals surface area contributed by atoms with E-state index in [0.717, 1.165) is 16.5 Å². The number of carbonyl (C=O) groups excluding carboxylic acids is 2. The number of phenols is 1. The number of phenolic OH excluding ortho intramolecular Hbond substituents is 1. The van der Waals surface area contributed by atoms with Gasteiger partial charge in [0.1, 0.15) is 0 Å². The fraction of sp³-hybridized carbons (Fsp3) is 0.0870. The first-order valence-corrected chi connectivity index (χ1v) is 8.69. The summed E-state index contributed by atoms with van der Waals surface area (Å²) in [5.41, 5.74) is 2.26. The van der Waals surface area contributed by atoms with Gasteiger partial charge in [-0.2, -0.15) is 0 Å². The van der Waals surface area contributed by atoms with Crippen molar-refractivity contribution in [2.24, 2.45) is 0 Å². The van der Waals surface area contributed by atoms with Gasteiger partial charge in [-0.1, -0.05) is 36.4 Å². The van der Waals surface area contributed by atoms with Crippen LogP contribution in [0.1, 0.15) is 17.5 Å². The van der Waals surface area contributed by atoms with Gasteiger partial charge in [-0.3, -0.25) is 14.6 Å². The van der Waals surface area contributed by atoms with E-state index in [1.807, 2.05) is 30.3 Å². The molecule has 0 atom stereocenters. The minimum Gasteiger partial charge on any atom is -0.504 e. The number of hydrogen-bond acceptors (Lipinski definition) is 5. The second-order valence-corrected chi connectivity index (χ2v) is 6.13. The number of aromatic hydroxyl groups is 1. The number of rotatable bonds is 7. The first-order valence-electron chi connectivity index (χ1n) is 8.69. The molecule has 2 aromatic carbocycles. The predicted molar refractivity (Wildman–Crippen MR) is 109 cm³/mol. The summed E-state index contributed by atoms with van der Waals surface area (Å²) in [5, 5.41) is 10.7. The van der Waals surface area contributed by atoms with E-state index in [0.29, 0.717) is 11.3 Å². The maximum atomic E-state index is 12.1. The lowest BCUT2D eigenvalue weighted by Gasteiger charge is -2.03. The van der Waals surface area contributed by atoms with E-state index in [1.165, 1.54) is 25.3 Å². The van der Waals surface area contributed by atoms with Gasteiger partial charge >= 0.3 is 0 Å². The average Bonchev–Trinajstić information content (AvgIpc) is 2.70. The molecule has 1 heterocycles. The lowest BCUT2D eigenvalue weighted by molar-refractivity contribution is -0.121. The van der Waals surface area contributed by atoms with Crippen molar-refractivity contribution >= 4 is 34.6 Å². The summed E-state index contributed by atoms with van der Waals surface area (Å²) < 4.78 is 4.97. The molecule has 1 aromatic heterocycles. The van der Waals surface area contributed by atoms with E-state index in [1.54, 1.807) is 30.5 Å². The van der Waals surface area contributed by atoms with Gasteiger partial charge in [0, 0.05) is 17.1 Å². The molecule has 3 rings (SSSR count). The van der Waals surface area contributed by atoms with Gasteiger partial charge in [0.2, 0.25) is 0 Å². The number of allylic oxidation sites excluding steroid dienone is 2. The number of ketones is 2. The molecule has 0 aliphatic heterocycles. The quantitative estimate of drug-likeness (QED) is 0.496. The van der Waals surface area contributed by atoms with Crippen LogP contribution < -0.4 is 4.74 Å². The number of carbonyl (C=O) groups is 2. The summed E-state index contributed by atoms with van der Waals surface area (Å²) in [4.78, 5) is 28.4. The van der Waals surface area contributed by atoms with E-state index in [2.05, 4.69) is 4.98 Å². The molecule has 0 saturated carbocycles. The number of nitrogens with zero attached hydrogens (tertiary/aromatic N) is 1. The fourth-order valence-electron chi connectivity index (χ4n) is 2.73. The molecule has 0 spiro atoms. The highest BCUT2D eigenvalue weighted by atomic mass is 16.5. The molecule has 0 saturated heterocycles. The van der Waals surface area contributed by atoms with Crippen LogP contribution in [0.15, 0.2) is 66.9 Å². The van der Waals surface area contributed by atoms with Crippen molar-refractivity contribution in [2.45, 2.75) is 6.42 Å². The van der Waals surface area contributed by atoms with Crippen LogP contribution in [0.3, 0.4) is 0 Å². The second-order valence-electron chi connectivity index (χ2n) is 6.13. The zero-order valence-electron chi connectivity index (χ0n) is 15.3. The van der Waals surface area contributed by atoms with Gasteiger partial charge in [0.05, 0.1) is 19.0 Å². The molecule has 140 valence electrons. The molecule has 0 amide bonds. The summed E-state index contributed by atoms with van der Waals surface area (Å²) in [5.74, 6) is -0.271. The van der Waals surface area contributed by atoms with Crippen molar-refractivity contribution in [3.63, 3.8) is 0 Å². The third-order valence-corrected chi connectivity index (χ3v) is 4.13. The highest BCUT2D eigenvalue weighted by Gasteiger charge is 2.05. The minimum absolute atomic E-state index is 0.0141. The van der Waals surface area contributed by atoms with Crippen LogP contribution in [0.2, 0.25) is 0 Å². The molecular weight excluding hydrogens is 354 g/mol. The Balaban J connectivity index is 1.63. The summed E-state index contributed by atoms with van der Waals surface area (Å²) in [6, 6.07) is 14.3. The van der Waals surface area contributed by atoms with Gasteiger partial charge in [-0.15, -0.1) is 0 Å². The lowest BCUT2D eigenvalue weighted by atomic mass is 10.1. The monoisotopic (exact) mass is 373 g/mol. The number of ether oxygens (including phenoxy) is 1. The third-order valence-electron chi connectivity index (χ3n) is 4.13. The van der Waals surface area contributed by atoms with Crippen LogP contribution in [0, 0.1) is 0 Å². The van der Waals surface area contributed by atoms with E-state index >= 15 is 0 Å². The Kier molecular flexibility index (Phi) is 5.97. The number of hydrogen-bond donors (Lipinski definition) is 1. The molecule has 5 nitrogen and oxygen atoms in total. The number of pyridine rings is 1.